The van der Waals surface area contributed by atoms with Crippen LogP contribution >= 0.6 is 0 Å². The van der Waals surface area contributed by atoms with E-state index >= 15 is 0 Å². The van der Waals surface area contributed by atoms with E-state index in [0.29, 0.717) is 30.5 Å². The number of nitrogens with zero attached hydrogens (tertiary/aromatic N) is 4. The largest absolute Gasteiger partial charge is 0.364 e. The zero-order valence-corrected chi connectivity index (χ0v) is 16.0. The Kier molecular flexibility index (Phi) is 4.92. The molecule has 1 atom stereocenters. The normalized spacial score (nSPS) is 15.6. The third-order valence-corrected chi connectivity index (χ3v) is 5.08. The summed E-state index contributed by atoms with van der Waals surface area (Å²) in [6.45, 7) is 4.96. The van der Waals surface area contributed by atoms with Gasteiger partial charge in [-0.1, -0.05) is 24.3 Å². The van der Waals surface area contributed by atoms with Crippen molar-refractivity contribution < 1.29 is 4.39 Å². The van der Waals surface area contributed by atoms with E-state index in [4.69, 9.17) is 10.7 Å². The van der Waals surface area contributed by atoms with Crippen LogP contribution in [0.5, 0.6) is 0 Å². The lowest BCUT2D eigenvalue weighted by Gasteiger charge is -2.23. The highest BCUT2D eigenvalue weighted by atomic mass is 19.1. The fraction of sp³-hybridized carbons (Fsp3) is 0.286. The van der Waals surface area contributed by atoms with E-state index in [9.17, 15) is 4.39 Å². The number of nitrogens with two attached hydrogens (primary N) is 1. The van der Waals surface area contributed by atoms with Gasteiger partial charge in [0.25, 0.3) is 5.95 Å². The molecule has 1 aliphatic heterocycles. The molecule has 2 heterocycles. The molecule has 1 unspecified atom stereocenters. The third-order valence-electron chi connectivity index (χ3n) is 5.08. The van der Waals surface area contributed by atoms with Gasteiger partial charge in [-0.05, 0) is 55.2 Å². The second-order valence-corrected chi connectivity index (χ2v) is 7.07. The van der Waals surface area contributed by atoms with Crippen molar-refractivity contribution in [2.45, 2.75) is 39.4 Å². The van der Waals surface area contributed by atoms with Crippen molar-refractivity contribution in [3.8, 4) is 0 Å². The van der Waals surface area contributed by atoms with Crippen molar-refractivity contribution in [2.75, 3.05) is 10.2 Å². The highest BCUT2D eigenvalue weighted by molar-refractivity contribution is 5.69. The Morgan fingerprint density at radius 3 is 2.82 bits per heavy atom. The SMILES string of the molecule is Cc1nnc(N2c3cccc(CN)c3CC2C)nc1NCc1cccc(F)c1. The fourth-order valence-corrected chi connectivity index (χ4v) is 3.68. The lowest BCUT2D eigenvalue weighted by molar-refractivity contribution is 0.626. The lowest BCUT2D eigenvalue weighted by Crippen LogP contribution is -2.26. The molecule has 0 bridgehead atoms. The van der Waals surface area contributed by atoms with Gasteiger partial charge in [-0.2, -0.15) is 4.98 Å². The van der Waals surface area contributed by atoms with Crippen LogP contribution in [0.25, 0.3) is 0 Å². The summed E-state index contributed by atoms with van der Waals surface area (Å²) in [5.41, 5.74) is 10.9. The first kappa shape index (κ1) is 18.3. The molecule has 0 fully saturated rings. The van der Waals surface area contributed by atoms with Crippen LogP contribution in [0.4, 0.5) is 21.8 Å². The maximum Gasteiger partial charge on any atom is 0.252 e. The van der Waals surface area contributed by atoms with E-state index in [2.05, 4.69) is 39.5 Å². The summed E-state index contributed by atoms with van der Waals surface area (Å²) < 4.78 is 13.4. The summed E-state index contributed by atoms with van der Waals surface area (Å²) in [6.07, 6.45) is 0.895. The minimum absolute atomic E-state index is 0.211. The van der Waals surface area contributed by atoms with Crippen molar-refractivity contribution in [3.05, 3.63) is 70.7 Å². The molecule has 0 aliphatic carbocycles. The van der Waals surface area contributed by atoms with Gasteiger partial charge >= 0.3 is 0 Å². The summed E-state index contributed by atoms with van der Waals surface area (Å²) in [6, 6.07) is 12.9. The predicted molar refractivity (Wildman–Crippen MR) is 108 cm³/mol. The topological polar surface area (TPSA) is 80.0 Å². The minimum Gasteiger partial charge on any atom is -0.364 e. The summed E-state index contributed by atoms with van der Waals surface area (Å²) in [5, 5.41) is 11.9. The van der Waals surface area contributed by atoms with Crippen LogP contribution in [0.15, 0.2) is 42.5 Å². The number of benzene rings is 2. The monoisotopic (exact) mass is 378 g/mol. The summed E-state index contributed by atoms with van der Waals surface area (Å²) in [4.78, 5) is 6.82. The molecule has 1 aromatic heterocycles. The van der Waals surface area contributed by atoms with E-state index in [1.807, 2.05) is 19.1 Å². The average molecular weight is 378 g/mol. The highest BCUT2D eigenvalue weighted by Gasteiger charge is 2.31. The Bertz CT molecular complexity index is 1010. The van der Waals surface area contributed by atoms with Gasteiger partial charge in [-0.25, -0.2) is 4.39 Å². The Labute approximate surface area is 163 Å². The van der Waals surface area contributed by atoms with Crippen molar-refractivity contribution in [3.63, 3.8) is 0 Å². The number of aromatic nitrogens is 3. The molecule has 4 rings (SSSR count). The summed E-state index contributed by atoms with van der Waals surface area (Å²) >= 11 is 0. The second-order valence-electron chi connectivity index (χ2n) is 7.07. The zero-order valence-electron chi connectivity index (χ0n) is 16.0. The second kappa shape index (κ2) is 7.52. The van der Waals surface area contributed by atoms with Gasteiger partial charge in [-0.3, -0.25) is 0 Å². The van der Waals surface area contributed by atoms with Gasteiger partial charge < -0.3 is 16.0 Å². The molecular weight excluding hydrogens is 355 g/mol. The number of anilines is 3. The Balaban J connectivity index is 1.63. The van der Waals surface area contributed by atoms with Crippen LogP contribution < -0.4 is 16.0 Å². The molecule has 28 heavy (non-hydrogen) atoms. The number of hydrogen-bond donors (Lipinski definition) is 2. The number of nitrogens with one attached hydrogen (secondary N) is 1. The molecule has 3 N–H and O–H groups in total. The molecule has 0 saturated carbocycles. The first-order chi connectivity index (χ1) is 13.6. The van der Waals surface area contributed by atoms with Crippen LogP contribution in [-0.2, 0) is 19.5 Å². The number of hydrogen-bond acceptors (Lipinski definition) is 6. The van der Waals surface area contributed by atoms with E-state index < -0.39 is 0 Å². The maximum atomic E-state index is 13.4. The Hall–Kier alpha value is -3.06. The highest BCUT2D eigenvalue weighted by Crippen LogP contribution is 2.38. The van der Waals surface area contributed by atoms with Crippen molar-refractivity contribution in [1.29, 1.82) is 0 Å². The summed E-state index contributed by atoms with van der Waals surface area (Å²) in [7, 11) is 0. The molecule has 2 aromatic carbocycles. The maximum absolute atomic E-state index is 13.4. The molecule has 0 radical (unpaired) electrons. The van der Waals surface area contributed by atoms with Crippen LogP contribution in [0.2, 0.25) is 0 Å². The first-order valence-corrected chi connectivity index (χ1v) is 9.36. The smallest absolute Gasteiger partial charge is 0.252 e. The van der Waals surface area contributed by atoms with Gasteiger partial charge in [0.15, 0.2) is 5.82 Å². The molecule has 6 nitrogen and oxygen atoms in total. The molecule has 0 amide bonds. The van der Waals surface area contributed by atoms with E-state index in [1.54, 1.807) is 6.07 Å². The van der Waals surface area contributed by atoms with Crippen molar-refractivity contribution >= 4 is 17.5 Å². The Morgan fingerprint density at radius 2 is 2.04 bits per heavy atom. The van der Waals surface area contributed by atoms with Gasteiger partial charge in [-0.15, -0.1) is 10.2 Å². The standard InChI is InChI=1S/C21H23FN6/c1-13-9-18-16(11-23)6-4-8-19(18)28(13)21-25-20(14(2)26-27-21)24-12-15-5-3-7-17(22)10-15/h3-8,10,13H,9,11-12,23H2,1-2H3,(H,24,25,27). The number of fused-ring (bicyclic) bond motifs is 1. The molecule has 144 valence electrons. The molecule has 0 spiro atoms. The van der Waals surface area contributed by atoms with E-state index in [-0.39, 0.29) is 11.9 Å². The fourth-order valence-electron chi connectivity index (χ4n) is 3.68. The zero-order chi connectivity index (χ0) is 19.7. The molecule has 0 saturated heterocycles. The van der Waals surface area contributed by atoms with Crippen LogP contribution in [0.1, 0.15) is 29.3 Å². The molecular formula is C21H23FN6. The number of halogens is 1. The molecule has 1 aliphatic rings. The van der Waals surface area contributed by atoms with E-state index in [1.165, 1.54) is 17.7 Å². The van der Waals surface area contributed by atoms with Gasteiger partial charge in [0.2, 0.25) is 0 Å². The quantitative estimate of drug-likeness (QED) is 0.708. The van der Waals surface area contributed by atoms with Crippen LogP contribution in [0.3, 0.4) is 0 Å². The average Bonchev–Trinajstić information content (AvgIpc) is 3.03. The van der Waals surface area contributed by atoms with Gasteiger partial charge in [0.05, 0.1) is 0 Å². The third kappa shape index (κ3) is 3.41. The summed E-state index contributed by atoms with van der Waals surface area (Å²) in [5.74, 6) is 0.938. The Morgan fingerprint density at radius 1 is 1.21 bits per heavy atom. The first-order valence-electron chi connectivity index (χ1n) is 9.36. The lowest BCUT2D eigenvalue weighted by atomic mass is 10.0. The van der Waals surface area contributed by atoms with Crippen molar-refractivity contribution in [2.24, 2.45) is 5.73 Å². The van der Waals surface area contributed by atoms with Gasteiger partial charge in [0.1, 0.15) is 11.5 Å². The van der Waals surface area contributed by atoms with E-state index in [0.717, 1.165) is 23.2 Å². The minimum atomic E-state index is -0.254. The predicted octanol–water partition coefficient (Wildman–Crippen LogP) is 3.47. The van der Waals surface area contributed by atoms with Crippen LogP contribution in [-0.4, -0.2) is 21.2 Å². The number of rotatable bonds is 5. The number of aryl methyl sites for hydroxylation is 1. The molecule has 7 heteroatoms. The van der Waals surface area contributed by atoms with Crippen molar-refractivity contribution in [1.82, 2.24) is 15.2 Å². The molecule has 3 aromatic rings. The van der Waals surface area contributed by atoms with Gasteiger partial charge in [0, 0.05) is 24.8 Å². The van der Waals surface area contributed by atoms with Crippen LogP contribution in [0, 0.1) is 12.7 Å².